The van der Waals surface area contributed by atoms with Crippen LogP contribution in [0.4, 0.5) is 5.82 Å². The number of benzene rings is 2. The molecule has 0 unspecified atom stereocenters. The Balaban J connectivity index is 1.48. The number of nitrogens with two attached hydrogens (primary N) is 2. The van der Waals surface area contributed by atoms with Crippen molar-refractivity contribution in [2.45, 2.75) is 50.3 Å². The fourth-order valence-electron chi connectivity index (χ4n) is 5.17. The van der Waals surface area contributed by atoms with Crippen molar-refractivity contribution in [3.63, 3.8) is 0 Å². The number of nitrogen functional groups attached to an aromatic ring is 1. The zero-order chi connectivity index (χ0) is 25.5. The Labute approximate surface area is 211 Å². The van der Waals surface area contributed by atoms with Gasteiger partial charge in [0.25, 0.3) is 8.32 Å². The monoisotopic (exact) mass is 504 g/mol. The van der Waals surface area contributed by atoms with Gasteiger partial charge in [-0.1, -0.05) is 81.4 Å². The summed E-state index contributed by atoms with van der Waals surface area (Å²) in [6.07, 6.45) is 0.615. The zero-order valence-corrected chi connectivity index (χ0v) is 21.7. The molecule has 0 amide bonds. The first-order chi connectivity index (χ1) is 17.2. The molecule has 1 aliphatic rings. The average molecular weight is 505 g/mol. The molecule has 4 atom stereocenters. The van der Waals surface area contributed by atoms with E-state index in [2.05, 4.69) is 60.0 Å². The molecule has 2 aromatic carbocycles. The summed E-state index contributed by atoms with van der Waals surface area (Å²) in [5, 5.41) is 13.2. The Kier molecular flexibility index (Phi) is 6.39. The van der Waals surface area contributed by atoms with Gasteiger partial charge in [-0.25, -0.2) is 15.0 Å². The van der Waals surface area contributed by atoms with Gasteiger partial charge in [0, 0.05) is 0 Å². The number of hydrogen-bond acceptors (Lipinski definition) is 8. The summed E-state index contributed by atoms with van der Waals surface area (Å²) in [4.78, 5) is 12.6. The number of aliphatic hydroxyl groups is 1. The van der Waals surface area contributed by atoms with Crippen LogP contribution in [0.5, 0.6) is 0 Å². The molecule has 188 valence electrons. The minimum Gasteiger partial charge on any atom is -0.405 e. The van der Waals surface area contributed by atoms with Gasteiger partial charge >= 0.3 is 0 Å². The summed E-state index contributed by atoms with van der Waals surface area (Å²) < 4.78 is 14.9. The summed E-state index contributed by atoms with van der Waals surface area (Å²) >= 11 is 0. The second kappa shape index (κ2) is 9.38. The SMILES string of the molecule is CC(C)(C)[Si](OC[C@H]1O[C@@H](n2cnc3c(N)ncnc32)[C@H](O)[C@@H]1N)(c1ccccc1)c1ccccc1. The van der Waals surface area contributed by atoms with Crippen molar-refractivity contribution in [3.05, 3.63) is 73.3 Å². The lowest BCUT2D eigenvalue weighted by atomic mass is 10.1. The highest BCUT2D eigenvalue weighted by molar-refractivity contribution is 6.99. The van der Waals surface area contributed by atoms with Crippen molar-refractivity contribution in [1.82, 2.24) is 19.5 Å². The molecule has 0 radical (unpaired) electrons. The van der Waals surface area contributed by atoms with Crippen molar-refractivity contribution >= 4 is 35.7 Å². The minimum absolute atomic E-state index is 0.189. The number of hydrogen-bond donors (Lipinski definition) is 3. The molecule has 0 aliphatic carbocycles. The van der Waals surface area contributed by atoms with E-state index in [0.717, 1.165) is 0 Å². The fourth-order valence-corrected chi connectivity index (χ4v) is 9.74. The van der Waals surface area contributed by atoms with E-state index in [1.165, 1.54) is 16.7 Å². The van der Waals surface area contributed by atoms with Crippen molar-refractivity contribution in [2.24, 2.45) is 5.73 Å². The molecule has 1 aliphatic heterocycles. The molecule has 1 saturated heterocycles. The third-order valence-corrected chi connectivity index (χ3v) is 12.0. The number of aromatic nitrogens is 4. The molecule has 36 heavy (non-hydrogen) atoms. The number of rotatable bonds is 6. The van der Waals surface area contributed by atoms with Gasteiger partial charge in [0.2, 0.25) is 0 Å². The summed E-state index contributed by atoms with van der Waals surface area (Å²) in [6.45, 7) is 6.88. The lowest BCUT2D eigenvalue weighted by molar-refractivity contribution is -0.0468. The highest BCUT2D eigenvalue weighted by atomic mass is 28.4. The predicted octanol–water partition coefficient (Wildman–Crippen LogP) is 1.57. The molecule has 0 saturated carbocycles. The van der Waals surface area contributed by atoms with Gasteiger partial charge in [0.05, 0.1) is 19.0 Å². The normalized spacial score (nSPS) is 22.8. The van der Waals surface area contributed by atoms with Crippen LogP contribution in [0.25, 0.3) is 11.2 Å². The van der Waals surface area contributed by atoms with E-state index < -0.39 is 32.8 Å². The number of fused-ring (bicyclic) bond motifs is 1. The van der Waals surface area contributed by atoms with Gasteiger partial charge in [0.1, 0.15) is 24.1 Å². The van der Waals surface area contributed by atoms with Crippen molar-refractivity contribution in [1.29, 1.82) is 0 Å². The molecule has 5 N–H and O–H groups in total. The van der Waals surface area contributed by atoms with Crippen LogP contribution in [0, 0.1) is 0 Å². The van der Waals surface area contributed by atoms with Gasteiger partial charge in [-0.2, -0.15) is 0 Å². The fraction of sp³-hybridized carbons (Fsp3) is 0.346. The van der Waals surface area contributed by atoms with E-state index in [1.54, 1.807) is 10.9 Å². The van der Waals surface area contributed by atoms with E-state index >= 15 is 0 Å². The first kappa shape index (κ1) is 24.5. The topological polar surface area (TPSA) is 134 Å². The van der Waals surface area contributed by atoms with Crippen LogP contribution in [0.2, 0.25) is 5.04 Å². The number of anilines is 1. The maximum absolute atomic E-state index is 11.0. The standard InChI is InChI=1S/C26H32N6O3Si/c1-26(2,3)36(17-10-6-4-7-11-17,18-12-8-5-9-13-18)34-14-19-20(27)22(33)25(35-19)32-16-31-21-23(28)29-15-30-24(21)32/h4-13,15-16,19-20,22,25,33H,14,27H2,1-3H3,(H2,28,29,30)/t19-,20-,22-,25-/m1/s1. The Bertz CT molecular complexity index is 1290. The zero-order valence-electron chi connectivity index (χ0n) is 20.7. The lowest BCUT2D eigenvalue weighted by Gasteiger charge is -2.43. The Morgan fingerprint density at radius 2 is 1.61 bits per heavy atom. The van der Waals surface area contributed by atoms with E-state index in [-0.39, 0.29) is 17.5 Å². The summed E-state index contributed by atoms with van der Waals surface area (Å²) in [6, 6.07) is 20.1. The molecule has 0 spiro atoms. The number of aliphatic hydroxyl groups excluding tert-OH is 1. The Hall–Kier alpha value is -3.15. The first-order valence-corrected chi connectivity index (χ1v) is 13.9. The van der Waals surface area contributed by atoms with Gasteiger partial charge in [-0.3, -0.25) is 4.57 Å². The Morgan fingerprint density at radius 3 is 2.19 bits per heavy atom. The third-order valence-electron chi connectivity index (χ3n) is 6.97. The largest absolute Gasteiger partial charge is 0.405 e. The molecule has 2 aromatic heterocycles. The van der Waals surface area contributed by atoms with Crippen molar-refractivity contribution < 1.29 is 14.3 Å². The lowest BCUT2D eigenvalue weighted by Crippen LogP contribution is -2.67. The number of imidazole rings is 1. The molecule has 4 aromatic rings. The van der Waals surface area contributed by atoms with Crippen LogP contribution in [0.3, 0.4) is 0 Å². The van der Waals surface area contributed by atoms with E-state index in [0.29, 0.717) is 11.2 Å². The molecule has 0 bridgehead atoms. The van der Waals surface area contributed by atoms with Crippen molar-refractivity contribution in [2.75, 3.05) is 12.3 Å². The van der Waals surface area contributed by atoms with Crippen LogP contribution in [-0.2, 0) is 9.16 Å². The molecule has 1 fully saturated rings. The van der Waals surface area contributed by atoms with E-state index in [4.69, 9.17) is 20.6 Å². The van der Waals surface area contributed by atoms with Crippen LogP contribution < -0.4 is 21.8 Å². The highest BCUT2D eigenvalue weighted by Gasteiger charge is 2.52. The molecular formula is C26H32N6O3Si. The van der Waals surface area contributed by atoms with E-state index in [1.807, 2.05) is 36.4 Å². The first-order valence-electron chi connectivity index (χ1n) is 12.0. The highest BCUT2D eigenvalue weighted by Crippen LogP contribution is 2.38. The van der Waals surface area contributed by atoms with Crippen LogP contribution in [0.15, 0.2) is 73.3 Å². The smallest absolute Gasteiger partial charge is 0.261 e. The average Bonchev–Trinajstić information content (AvgIpc) is 3.42. The maximum atomic E-state index is 11.0. The second-order valence-corrected chi connectivity index (χ2v) is 14.5. The van der Waals surface area contributed by atoms with Gasteiger partial charge in [0.15, 0.2) is 17.7 Å². The van der Waals surface area contributed by atoms with E-state index in [9.17, 15) is 5.11 Å². The van der Waals surface area contributed by atoms with Crippen molar-refractivity contribution in [3.8, 4) is 0 Å². The second-order valence-electron chi connectivity index (χ2n) is 10.2. The van der Waals surface area contributed by atoms with Gasteiger partial charge in [-0.15, -0.1) is 0 Å². The molecule has 10 heteroatoms. The van der Waals surface area contributed by atoms with Gasteiger partial charge in [-0.05, 0) is 15.4 Å². The van der Waals surface area contributed by atoms with Crippen LogP contribution >= 0.6 is 0 Å². The molecule has 5 rings (SSSR count). The third kappa shape index (κ3) is 4.00. The van der Waals surface area contributed by atoms with Crippen LogP contribution in [0.1, 0.15) is 27.0 Å². The molecular weight excluding hydrogens is 472 g/mol. The summed E-state index contributed by atoms with van der Waals surface area (Å²) in [5.41, 5.74) is 13.3. The molecule has 3 heterocycles. The minimum atomic E-state index is -2.78. The number of ether oxygens (including phenoxy) is 1. The quantitative estimate of drug-likeness (QED) is 0.337. The molecule has 9 nitrogen and oxygen atoms in total. The predicted molar refractivity (Wildman–Crippen MR) is 141 cm³/mol. The Morgan fingerprint density at radius 1 is 1.00 bits per heavy atom. The van der Waals surface area contributed by atoms with Gasteiger partial charge < -0.3 is 25.7 Å². The maximum Gasteiger partial charge on any atom is 0.261 e. The summed E-state index contributed by atoms with van der Waals surface area (Å²) in [7, 11) is -2.78. The van der Waals surface area contributed by atoms with Crippen LogP contribution in [-0.4, -0.2) is 57.8 Å². The number of nitrogens with zero attached hydrogens (tertiary/aromatic N) is 4. The summed E-state index contributed by atoms with van der Waals surface area (Å²) in [5.74, 6) is 0.266.